The van der Waals surface area contributed by atoms with E-state index >= 15 is 0 Å². The molecule has 0 amide bonds. The number of carbonyl (C=O) groups is 2. The maximum atomic E-state index is 11.6. The van der Waals surface area contributed by atoms with Crippen molar-refractivity contribution in [3.05, 3.63) is 45.6 Å². The number of esters is 1. The Bertz CT molecular complexity index is 494. The van der Waals surface area contributed by atoms with Crippen molar-refractivity contribution in [2.75, 3.05) is 7.11 Å². The maximum absolute atomic E-state index is 11.6. The zero-order valence-corrected chi connectivity index (χ0v) is 10.2. The minimum Gasteiger partial charge on any atom is -0.502 e. The van der Waals surface area contributed by atoms with Crippen molar-refractivity contribution in [3.63, 3.8) is 0 Å². The number of ether oxygens (including phenoxy) is 1. The van der Waals surface area contributed by atoms with E-state index in [1.54, 1.807) is 0 Å². The molecule has 0 spiro atoms. The Labute approximate surface area is 107 Å². The lowest BCUT2D eigenvalue weighted by Crippen LogP contribution is -2.06. The van der Waals surface area contributed by atoms with Gasteiger partial charge in [0, 0.05) is 11.6 Å². The fourth-order valence-corrected chi connectivity index (χ4v) is 1.32. The summed E-state index contributed by atoms with van der Waals surface area (Å²) in [6.45, 7) is 0. The van der Waals surface area contributed by atoms with E-state index in [9.17, 15) is 14.7 Å². The number of aliphatic hydroxyl groups is 1. The lowest BCUT2D eigenvalue weighted by atomic mass is 10.1. The Kier molecular flexibility index (Phi) is 4.54. The number of ketones is 1. The highest BCUT2D eigenvalue weighted by atomic mass is 35.5. The number of carbonyl (C=O) groups excluding carboxylic acids is 2. The molecule has 1 N–H and O–H groups in total. The maximum Gasteiger partial charge on any atom is 0.373 e. The Hall–Kier alpha value is -1.52. The predicted octanol–water partition coefficient (Wildman–Crippen LogP) is 2.79. The van der Waals surface area contributed by atoms with Gasteiger partial charge in [-0.15, -0.1) is 0 Å². The summed E-state index contributed by atoms with van der Waals surface area (Å²) < 4.78 is 4.23. The number of allylic oxidation sites excluding steroid dienone is 1. The normalized spacial score (nSPS) is 11.1. The van der Waals surface area contributed by atoms with Gasteiger partial charge in [-0.1, -0.05) is 23.2 Å². The minimum atomic E-state index is -0.988. The van der Waals surface area contributed by atoms with Crippen molar-refractivity contribution in [2.45, 2.75) is 0 Å². The molecule has 1 rings (SSSR count). The molecular formula is C11H8Cl2O4. The van der Waals surface area contributed by atoms with E-state index in [4.69, 9.17) is 23.2 Å². The third-order valence-corrected chi connectivity index (χ3v) is 2.61. The molecular weight excluding hydrogens is 267 g/mol. The first kappa shape index (κ1) is 13.5. The summed E-state index contributed by atoms with van der Waals surface area (Å²) in [6, 6.07) is 4.21. The highest BCUT2D eigenvalue weighted by Gasteiger charge is 2.12. The summed E-state index contributed by atoms with van der Waals surface area (Å²) in [5.41, 5.74) is 0.204. The average molecular weight is 275 g/mol. The largest absolute Gasteiger partial charge is 0.502 e. The molecule has 90 valence electrons. The molecule has 1 aromatic carbocycles. The van der Waals surface area contributed by atoms with Crippen LogP contribution in [0.5, 0.6) is 0 Å². The highest BCUT2D eigenvalue weighted by Crippen LogP contribution is 2.23. The fraction of sp³-hybridized carbons (Fsp3) is 0.0909. The first-order valence-electron chi connectivity index (χ1n) is 4.44. The van der Waals surface area contributed by atoms with E-state index in [0.29, 0.717) is 5.02 Å². The van der Waals surface area contributed by atoms with E-state index in [2.05, 4.69) is 4.74 Å². The van der Waals surface area contributed by atoms with Gasteiger partial charge < -0.3 is 9.84 Å². The zero-order chi connectivity index (χ0) is 13.0. The molecule has 0 heterocycles. The quantitative estimate of drug-likeness (QED) is 0.398. The molecule has 0 unspecified atom stereocenters. The molecule has 0 aliphatic rings. The first-order chi connectivity index (χ1) is 7.95. The second kappa shape index (κ2) is 5.70. The Balaban J connectivity index is 2.98. The highest BCUT2D eigenvalue weighted by molar-refractivity contribution is 6.42. The molecule has 0 aliphatic carbocycles. The van der Waals surface area contributed by atoms with Crippen molar-refractivity contribution in [3.8, 4) is 0 Å². The van der Waals surface area contributed by atoms with Crippen LogP contribution in [-0.2, 0) is 9.53 Å². The van der Waals surface area contributed by atoms with Crippen LogP contribution in [0.25, 0.3) is 0 Å². The van der Waals surface area contributed by atoms with Crippen LogP contribution < -0.4 is 0 Å². The molecule has 0 fully saturated rings. The summed E-state index contributed by atoms with van der Waals surface area (Å²) in [5.74, 6) is -2.34. The fourth-order valence-electron chi connectivity index (χ4n) is 1.02. The Morgan fingerprint density at radius 2 is 1.94 bits per heavy atom. The summed E-state index contributed by atoms with van der Waals surface area (Å²) >= 11 is 11.4. The molecule has 0 atom stereocenters. The van der Waals surface area contributed by atoms with E-state index in [1.807, 2.05) is 0 Å². The van der Waals surface area contributed by atoms with Gasteiger partial charge >= 0.3 is 5.97 Å². The monoisotopic (exact) mass is 274 g/mol. The molecule has 1 aromatic rings. The van der Waals surface area contributed by atoms with Gasteiger partial charge in [-0.05, 0) is 18.2 Å². The summed E-state index contributed by atoms with van der Waals surface area (Å²) in [5, 5.41) is 9.70. The molecule has 4 nitrogen and oxygen atoms in total. The number of methoxy groups -OCH3 is 1. The summed E-state index contributed by atoms with van der Waals surface area (Å²) in [6.07, 6.45) is 0.755. The lowest BCUT2D eigenvalue weighted by molar-refractivity contribution is -0.139. The number of hydrogen-bond acceptors (Lipinski definition) is 4. The number of halogens is 2. The Morgan fingerprint density at radius 3 is 2.47 bits per heavy atom. The Morgan fingerprint density at radius 1 is 1.29 bits per heavy atom. The zero-order valence-electron chi connectivity index (χ0n) is 8.74. The molecule has 0 radical (unpaired) electrons. The SMILES string of the molecule is COC(=O)/C(O)=C\C(=O)c1ccc(Cl)c(Cl)c1. The van der Waals surface area contributed by atoms with Crippen molar-refractivity contribution in [1.82, 2.24) is 0 Å². The van der Waals surface area contributed by atoms with Gasteiger partial charge in [0.25, 0.3) is 0 Å². The van der Waals surface area contributed by atoms with Gasteiger partial charge in [0.15, 0.2) is 5.78 Å². The van der Waals surface area contributed by atoms with Gasteiger partial charge in [0.05, 0.1) is 17.2 Å². The first-order valence-corrected chi connectivity index (χ1v) is 5.19. The number of benzene rings is 1. The van der Waals surface area contributed by atoms with E-state index in [-0.39, 0.29) is 10.6 Å². The van der Waals surface area contributed by atoms with Crippen LogP contribution in [0.1, 0.15) is 10.4 Å². The van der Waals surface area contributed by atoms with Gasteiger partial charge in [0.1, 0.15) is 0 Å². The molecule has 17 heavy (non-hydrogen) atoms. The standard InChI is InChI=1S/C11H8Cl2O4/c1-17-11(16)10(15)5-9(14)6-2-3-7(12)8(13)4-6/h2-5,15H,1H3/b10-5+. The van der Waals surface area contributed by atoms with E-state index in [0.717, 1.165) is 13.2 Å². The van der Waals surface area contributed by atoms with Crippen LogP contribution in [0.15, 0.2) is 30.0 Å². The molecule has 0 aliphatic heterocycles. The van der Waals surface area contributed by atoms with Crippen molar-refractivity contribution < 1.29 is 19.4 Å². The number of aliphatic hydroxyl groups excluding tert-OH is 1. The third-order valence-electron chi connectivity index (χ3n) is 1.87. The lowest BCUT2D eigenvalue weighted by Gasteiger charge is -2.00. The summed E-state index contributed by atoms with van der Waals surface area (Å²) in [7, 11) is 1.09. The molecule has 6 heteroatoms. The van der Waals surface area contributed by atoms with Crippen molar-refractivity contribution >= 4 is 35.0 Å². The number of rotatable bonds is 3. The van der Waals surface area contributed by atoms with Crippen LogP contribution in [-0.4, -0.2) is 24.0 Å². The third kappa shape index (κ3) is 3.47. The molecule has 0 saturated heterocycles. The van der Waals surface area contributed by atoms with Gasteiger partial charge in [0.2, 0.25) is 5.76 Å². The van der Waals surface area contributed by atoms with Crippen LogP contribution in [0.2, 0.25) is 10.0 Å². The van der Waals surface area contributed by atoms with Crippen molar-refractivity contribution in [2.24, 2.45) is 0 Å². The molecule has 0 aromatic heterocycles. The topological polar surface area (TPSA) is 63.6 Å². The average Bonchev–Trinajstić information content (AvgIpc) is 2.31. The van der Waals surface area contributed by atoms with E-state index < -0.39 is 17.5 Å². The van der Waals surface area contributed by atoms with Crippen LogP contribution in [0.4, 0.5) is 0 Å². The van der Waals surface area contributed by atoms with Crippen LogP contribution >= 0.6 is 23.2 Å². The molecule has 0 bridgehead atoms. The van der Waals surface area contributed by atoms with Gasteiger partial charge in [-0.25, -0.2) is 4.79 Å². The second-order valence-corrected chi connectivity index (χ2v) is 3.83. The van der Waals surface area contributed by atoms with Gasteiger partial charge in [-0.3, -0.25) is 4.79 Å². The van der Waals surface area contributed by atoms with Crippen molar-refractivity contribution in [1.29, 1.82) is 0 Å². The van der Waals surface area contributed by atoms with Gasteiger partial charge in [-0.2, -0.15) is 0 Å². The summed E-state index contributed by atoms with van der Waals surface area (Å²) in [4.78, 5) is 22.5. The predicted molar refractivity (Wildman–Crippen MR) is 63.5 cm³/mol. The van der Waals surface area contributed by atoms with E-state index in [1.165, 1.54) is 18.2 Å². The molecule has 0 saturated carbocycles. The van der Waals surface area contributed by atoms with Crippen LogP contribution in [0.3, 0.4) is 0 Å². The van der Waals surface area contributed by atoms with Crippen LogP contribution in [0, 0.1) is 0 Å². The minimum absolute atomic E-state index is 0.204. The second-order valence-electron chi connectivity index (χ2n) is 3.01. The number of hydrogen-bond donors (Lipinski definition) is 1. The smallest absolute Gasteiger partial charge is 0.373 e.